The van der Waals surface area contributed by atoms with E-state index in [1.807, 2.05) is 0 Å². The van der Waals surface area contributed by atoms with Gasteiger partial charge in [0.2, 0.25) is 0 Å². The molecule has 2 aromatic carbocycles. The number of benzene rings is 2. The lowest BCUT2D eigenvalue weighted by molar-refractivity contribution is 0.523. The summed E-state index contributed by atoms with van der Waals surface area (Å²) in [6.07, 6.45) is 0. The Bertz CT molecular complexity index is 979. The van der Waals surface area contributed by atoms with Gasteiger partial charge in [0.1, 0.15) is 0 Å². The molecule has 0 bridgehead atoms. The Morgan fingerprint density at radius 1 is 0.314 bits per heavy atom. The number of hydrogen-bond acceptors (Lipinski definition) is 0. The third-order valence-corrected chi connectivity index (χ3v) is 8.03. The van der Waals surface area contributed by atoms with Gasteiger partial charge >= 0.3 is 0 Å². The van der Waals surface area contributed by atoms with Gasteiger partial charge in [0, 0.05) is 0 Å². The molecule has 0 aliphatic carbocycles. The second-order valence-corrected chi connectivity index (χ2v) is 15.1. The molecule has 0 spiro atoms. The molecule has 0 heterocycles. The fourth-order valence-electron chi connectivity index (χ4n) is 5.79. The van der Waals surface area contributed by atoms with Crippen LogP contribution < -0.4 is 0 Å². The lowest BCUT2D eigenvalue weighted by atomic mass is 9.69. The van der Waals surface area contributed by atoms with E-state index in [1.165, 1.54) is 50.1 Å². The van der Waals surface area contributed by atoms with Crippen molar-refractivity contribution in [2.24, 2.45) is 0 Å². The molecule has 0 nitrogen and oxygen atoms in total. The molecule has 0 amide bonds. The largest absolute Gasteiger partial charge is 0.0561 e. The summed E-state index contributed by atoms with van der Waals surface area (Å²) in [5.41, 5.74) is 17.2. The summed E-state index contributed by atoms with van der Waals surface area (Å²) < 4.78 is 0. The van der Waals surface area contributed by atoms with Crippen LogP contribution in [0.5, 0.6) is 0 Å². The van der Waals surface area contributed by atoms with E-state index in [-0.39, 0.29) is 21.7 Å². The summed E-state index contributed by atoms with van der Waals surface area (Å²) in [7, 11) is 0. The van der Waals surface area contributed by atoms with Gasteiger partial charge < -0.3 is 0 Å². The zero-order valence-electron chi connectivity index (χ0n) is 27.1. The van der Waals surface area contributed by atoms with Crippen LogP contribution in [0.2, 0.25) is 0 Å². The van der Waals surface area contributed by atoms with E-state index in [2.05, 4.69) is 138 Å². The van der Waals surface area contributed by atoms with E-state index in [0.29, 0.717) is 0 Å². The standard InChI is InChI=1S/C18H30.C17H28/c1-11-12(2)14(4)16(18(8,9)10)15(13(11)3)17(5,6)7;1-11-12(2)14(16(4,5)6)10-15(13(11)3)17(7,8)9/h1-10H3;10H,1-9H3. The Hall–Kier alpha value is -1.56. The van der Waals surface area contributed by atoms with Crippen molar-refractivity contribution in [1.29, 1.82) is 0 Å². The zero-order valence-corrected chi connectivity index (χ0v) is 27.1. The minimum Gasteiger partial charge on any atom is -0.0561 e. The van der Waals surface area contributed by atoms with Crippen LogP contribution in [0.15, 0.2) is 6.07 Å². The maximum Gasteiger partial charge on any atom is -0.0126 e. The van der Waals surface area contributed by atoms with Crippen LogP contribution in [0.25, 0.3) is 0 Å². The second kappa shape index (κ2) is 10.1. The van der Waals surface area contributed by atoms with Gasteiger partial charge in [-0.25, -0.2) is 0 Å². The van der Waals surface area contributed by atoms with Crippen molar-refractivity contribution in [1.82, 2.24) is 0 Å². The van der Waals surface area contributed by atoms with Gasteiger partial charge in [-0.1, -0.05) is 89.2 Å². The van der Waals surface area contributed by atoms with Crippen molar-refractivity contribution in [2.75, 3.05) is 0 Å². The highest BCUT2D eigenvalue weighted by Gasteiger charge is 2.30. The first-order valence-corrected chi connectivity index (χ1v) is 13.6. The van der Waals surface area contributed by atoms with Crippen molar-refractivity contribution < 1.29 is 0 Å². The van der Waals surface area contributed by atoms with Crippen molar-refractivity contribution in [3.63, 3.8) is 0 Å². The van der Waals surface area contributed by atoms with Crippen molar-refractivity contribution in [2.45, 2.75) is 153 Å². The third-order valence-electron chi connectivity index (χ3n) is 8.03. The summed E-state index contributed by atoms with van der Waals surface area (Å²) in [4.78, 5) is 0. The number of rotatable bonds is 0. The molecule has 0 unspecified atom stereocenters. The quantitative estimate of drug-likeness (QED) is 0.353. The SMILES string of the molecule is Cc1c(C(C)(C)C)cc(C(C)(C)C)c(C)c1C.Cc1c(C)c(C)c(C(C)(C)C)c(C(C)(C)C)c1C. The third kappa shape index (κ3) is 6.81. The highest BCUT2D eigenvalue weighted by Crippen LogP contribution is 2.41. The predicted molar refractivity (Wildman–Crippen MR) is 161 cm³/mol. The maximum atomic E-state index is 2.43. The summed E-state index contributed by atoms with van der Waals surface area (Å²) in [5.74, 6) is 0. The average molecular weight is 479 g/mol. The summed E-state index contributed by atoms with van der Waals surface area (Å²) >= 11 is 0. The highest BCUT2D eigenvalue weighted by atomic mass is 14.3. The van der Waals surface area contributed by atoms with E-state index in [0.717, 1.165) is 0 Å². The minimum atomic E-state index is 0.204. The lowest BCUT2D eigenvalue weighted by Gasteiger charge is -2.35. The summed E-state index contributed by atoms with van der Waals surface area (Å²) in [6, 6.07) is 2.43. The predicted octanol–water partition coefficient (Wildman–Crippen LogP) is 10.7. The van der Waals surface area contributed by atoms with Gasteiger partial charge in [0.05, 0.1) is 0 Å². The Balaban J connectivity index is 0.000000351. The van der Waals surface area contributed by atoms with E-state index in [9.17, 15) is 0 Å². The molecule has 2 aromatic rings. The molecule has 0 aliphatic heterocycles. The monoisotopic (exact) mass is 478 g/mol. The first-order valence-electron chi connectivity index (χ1n) is 13.6. The molecule has 2 rings (SSSR count). The van der Waals surface area contributed by atoms with Crippen LogP contribution in [0, 0.1) is 48.5 Å². The minimum absolute atomic E-state index is 0.204. The fourth-order valence-corrected chi connectivity index (χ4v) is 5.79. The molecule has 0 atom stereocenters. The van der Waals surface area contributed by atoms with E-state index < -0.39 is 0 Å². The van der Waals surface area contributed by atoms with Crippen LogP contribution >= 0.6 is 0 Å². The molecular weight excluding hydrogens is 420 g/mol. The van der Waals surface area contributed by atoms with Gasteiger partial charge in [0.15, 0.2) is 0 Å². The molecule has 0 saturated heterocycles. The van der Waals surface area contributed by atoms with Gasteiger partial charge in [0.25, 0.3) is 0 Å². The Morgan fingerprint density at radius 3 is 0.743 bits per heavy atom. The van der Waals surface area contributed by atoms with Gasteiger partial charge in [-0.05, 0) is 131 Å². The van der Waals surface area contributed by atoms with Crippen LogP contribution in [-0.2, 0) is 21.7 Å². The molecule has 0 fully saturated rings. The molecule has 198 valence electrons. The molecule has 0 radical (unpaired) electrons. The smallest absolute Gasteiger partial charge is 0.0126 e. The molecule has 0 heteroatoms. The van der Waals surface area contributed by atoms with Gasteiger partial charge in [-0.2, -0.15) is 0 Å². The molecule has 0 N–H and O–H groups in total. The van der Waals surface area contributed by atoms with E-state index in [1.54, 1.807) is 11.1 Å². The fraction of sp³-hybridized carbons (Fsp3) is 0.657. The maximum absolute atomic E-state index is 2.43. The average Bonchev–Trinajstić information content (AvgIpc) is 2.63. The molecule has 35 heavy (non-hydrogen) atoms. The van der Waals surface area contributed by atoms with Crippen LogP contribution in [0.3, 0.4) is 0 Å². The Labute approximate surface area is 220 Å². The van der Waals surface area contributed by atoms with E-state index in [4.69, 9.17) is 0 Å². The first kappa shape index (κ1) is 31.5. The zero-order chi connectivity index (χ0) is 28.1. The highest BCUT2D eigenvalue weighted by molar-refractivity contribution is 5.55. The lowest BCUT2D eigenvalue weighted by Crippen LogP contribution is -2.26. The van der Waals surface area contributed by atoms with Crippen molar-refractivity contribution in [3.8, 4) is 0 Å². The normalized spacial score (nSPS) is 13.0. The van der Waals surface area contributed by atoms with E-state index >= 15 is 0 Å². The van der Waals surface area contributed by atoms with Crippen molar-refractivity contribution in [3.05, 3.63) is 67.3 Å². The Kier molecular flexibility index (Phi) is 9.05. The van der Waals surface area contributed by atoms with Gasteiger partial charge in [-0.15, -0.1) is 0 Å². The number of hydrogen-bond donors (Lipinski definition) is 0. The molecule has 0 aliphatic rings. The Morgan fingerprint density at radius 2 is 0.543 bits per heavy atom. The molecular formula is C35H58. The topological polar surface area (TPSA) is 0 Å². The van der Waals surface area contributed by atoms with Crippen molar-refractivity contribution >= 4 is 0 Å². The summed E-state index contributed by atoms with van der Waals surface area (Å²) in [5, 5.41) is 0. The van der Waals surface area contributed by atoms with Gasteiger partial charge in [-0.3, -0.25) is 0 Å². The molecule has 0 saturated carbocycles. The summed E-state index contributed by atoms with van der Waals surface area (Å²) in [6.45, 7) is 43.7. The van der Waals surface area contributed by atoms with Crippen LogP contribution in [-0.4, -0.2) is 0 Å². The molecule has 0 aromatic heterocycles. The first-order chi connectivity index (χ1) is 15.3. The van der Waals surface area contributed by atoms with Crippen LogP contribution in [0.1, 0.15) is 144 Å². The second-order valence-electron chi connectivity index (χ2n) is 15.1. The van der Waals surface area contributed by atoms with Crippen LogP contribution in [0.4, 0.5) is 0 Å².